The van der Waals surface area contributed by atoms with Crippen LogP contribution in [0.2, 0.25) is 0 Å². The first kappa shape index (κ1) is 24.9. The van der Waals surface area contributed by atoms with Crippen LogP contribution in [0.5, 0.6) is 0 Å². The molecule has 0 saturated heterocycles. The molecular weight excluding hydrogens is 488 g/mol. The van der Waals surface area contributed by atoms with E-state index in [0.29, 0.717) is 37.3 Å². The lowest BCUT2D eigenvalue weighted by Gasteiger charge is -2.11. The van der Waals surface area contributed by atoms with Crippen LogP contribution in [0.1, 0.15) is 43.7 Å². The van der Waals surface area contributed by atoms with E-state index in [0.717, 1.165) is 17.8 Å². The second kappa shape index (κ2) is 13.1. The number of benzene rings is 1. The van der Waals surface area contributed by atoms with Gasteiger partial charge in [-0.1, -0.05) is 31.1 Å². The predicted octanol–water partition coefficient (Wildman–Crippen LogP) is 2.97. The molecule has 1 amide bonds. The number of hydrogen-bond acceptors (Lipinski definition) is 4. The average Bonchev–Trinajstić information content (AvgIpc) is 3.14. The summed E-state index contributed by atoms with van der Waals surface area (Å²) in [5, 5.41) is 13.2. The molecule has 0 radical (unpaired) electrons. The van der Waals surface area contributed by atoms with Crippen molar-refractivity contribution in [3.05, 3.63) is 53.2 Å². The minimum absolute atomic E-state index is 0. The molecular formula is C20H29FIN5O2. The highest BCUT2D eigenvalue weighted by Crippen LogP contribution is 2.14. The van der Waals surface area contributed by atoms with Gasteiger partial charge in [-0.05, 0) is 30.5 Å². The lowest BCUT2D eigenvalue weighted by atomic mass is 10.1. The Bertz CT molecular complexity index is 777. The molecule has 0 aliphatic heterocycles. The highest BCUT2D eigenvalue weighted by Gasteiger charge is 2.08. The van der Waals surface area contributed by atoms with E-state index in [9.17, 15) is 9.18 Å². The maximum atomic E-state index is 12.9. The first-order chi connectivity index (χ1) is 13.5. The summed E-state index contributed by atoms with van der Waals surface area (Å²) in [4.78, 5) is 16.4. The van der Waals surface area contributed by atoms with Crippen molar-refractivity contribution in [2.75, 3.05) is 19.6 Å². The zero-order valence-corrected chi connectivity index (χ0v) is 19.3. The number of aromatic nitrogens is 1. The Labute approximate surface area is 187 Å². The first-order valence-electron chi connectivity index (χ1n) is 9.46. The fourth-order valence-electron chi connectivity index (χ4n) is 2.41. The topological polar surface area (TPSA) is 91.6 Å². The van der Waals surface area contributed by atoms with E-state index in [-0.39, 0.29) is 42.1 Å². The van der Waals surface area contributed by atoms with E-state index in [1.54, 1.807) is 12.1 Å². The SMILES string of the molecule is CCNC(=NCc1cc(C(C)C)no1)NCCNC(=O)Cc1ccc(F)cc1.I. The quantitative estimate of drug-likeness (QED) is 0.206. The number of carbonyl (C=O) groups excluding carboxylic acids is 1. The zero-order chi connectivity index (χ0) is 20.4. The number of guanidine groups is 1. The Balaban J connectivity index is 0.00000420. The van der Waals surface area contributed by atoms with Gasteiger partial charge in [-0.15, -0.1) is 24.0 Å². The molecule has 0 fully saturated rings. The minimum atomic E-state index is -0.311. The summed E-state index contributed by atoms with van der Waals surface area (Å²) in [6, 6.07) is 7.83. The molecule has 2 rings (SSSR count). The summed E-state index contributed by atoms with van der Waals surface area (Å²) >= 11 is 0. The van der Waals surface area contributed by atoms with Crippen molar-refractivity contribution in [1.82, 2.24) is 21.1 Å². The monoisotopic (exact) mass is 517 g/mol. The van der Waals surface area contributed by atoms with Gasteiger partial charge >= 0.3 is 0 Å². The minimum Gasteiger partial charge on any atom is -0.359 e. The smallest absolute Gasteiger partial charge is 0.224 e. The van der Waals surface area contributed by atoms with Crippen LogP contribution in [-0.4, -0.2) is 36.7 Å². The number of amides is 1. The van der Waals surface area contributed by atoms with Crippen LogP contribution < -0.4 is 16.0 Å². The lowest BCUT2D eigenvalue weighted by Crippen LogP contribution is -2.41. The molecule has 9 heteroatoms. The van der Waals surface area contributed by atoms with Gasteiger partial charge in [0, 0.05) is 25.7 Å². The third kappa shape index (κ3) is 9.25. The van der Waals surface area contributed by atoms with Gasteiger partial charge in [0.2, 0.25) is 5.91 Å². The number of carbonyl (C=O) groups is 1. The van der Waals surface area contributed by atoms with Crippen LogP contribution >= 0.6 is 24.0 Å². The van der Waals surface area contributed by atoms with Crippen LogP contribution in [0, 0.1) is 5.82 Å². The molecule has 2 aromatic rings. The van der Waals surface area contributed by atoms with E-state index in [2.05, 4.69) is 39.9 Å². The standard InChI is InChI=1S/C20H28FN5O2.HI/c1-4-22-20(25-13-17-12-18(14(2)3)26-28-17)24-10-9-23-19(27)11-15-5-7-16(21)8-6-15;/h5-8,12,14H,4,9-11,13H2,1-3H3,(H,23,27)(H2,22,24,25);1H. The molecule has 0 saturated carbocycles. The molecule has 0 bridgehead atoms. The van der Waals surface area contributed by atoms with Gasteiger partial charge in [-0.25, -0.2) is 9.38 Å². The van der Waals surface area contributed by atoms with Gasteiger partial charge in [0.1, 0.15) is 12.4 Å². The average molecular weight is 517 g/mol. The van der Waals surface area contributed by atoms with E-state index in [4.69, 9.17) is 4.52 Å². The van der Waals surface area contributed by atoms with Crippen LogP contribution in [0.25, 0.3) is 0 Å². The number of aliphatic imine (C=N–C) groups is 1. The number of nitrogens with zero attached hydrogens (tertiary/aromatic N) is 2. The summed E-state index contributed by atoms with van der Waals surface area (Å²) in [5.74, 6) is 1.23. The molecule has 1 heterocycles. The largest absolute Gasteiger partial charge is 0.359 e. The molecule has 3 N–H and O–H groups in total. The van der Waals surface area contributed by atoms with Gasteiger partial charge < -0.3 is 20.5 Å². The Hall–Kier alpha value is -2.17. The Morgan fingerprint density at radius 2 is 1.86 bits per heavy atom. The van der Waals surface area contributed by atoms with Crippen LogP contribution in [-0.2, 0) is 17.8 Å². The molecule has 0 atom stereocenters. The highest BCUT2D eigenvalue weighted by atomic mass is 127. The summed E-state index contributed by atoms with van der Waals surface area (Å²) in [7, 11) is 0. The summed E-state index contributed by atoms with van der Waals surface area (Å²) in [6.07, 6.45) is 0.220. The van der Waals surface area contributed by atoms with Crippen LogP contribution in [0.15, 0.2) is 39.8 Å². The summed E-state index contributed by atoms with van der Waals surface area (Å²) in [6.45, 7) is 8.16. The van der Waals surface area contributed by atoms with Crippen molar-refractivity contribution in [2.45, 2.75) is 39.7 Å². The maximum absolute atomic E-state index is 12.9. The van der Waals surface area contributed by atoms with E-state index in [1.807, 2.05) is 13.0 Å². The normalized spacial score (nSPS) is 11.1. The van der Waals surface area contributed by atoms with E-state index < -0.39 is 0 Å². The Kier molecular flexibility index (Phi) is 11.3. The lowest BCUT2D eigenvalue weighted by molar-refractivity contribution is -0.120. The summed E-state index contributed by atoms with van der Waals surface area (Å²) < 4.78 is 18.2. The third-order valence-corrected chi connectivity index (χ3v) is 3.92. The van der Waals surface area contributed by atoms with Crippen molar-refractivity contribution >= 4 is 35.8 Å². The maximum Gasteiger partial charge on any atom is 0.224 e. The fourth-order valence-corrected chi connectivity index (χ4v) is 2.41. The molecule has 29 heavy (non-hydrogen) atoms. The van der Waals surface area contributed by atoms with Crippen LogP contribution in [0.4, 0.5) is 4.39 Å². The fraction of sp³-hybridized carbons (Fsp3) is 0.450. The molecule has 0 spiro atoms. The van der Waals surface area contributed by atoms with Crippen LogP contribution in [0.3, 0.4) is 0 Å². The molecule has 160 valence electrons. The van der Waals surface area contributed by atoms with Crippen molar-refractivity contribution in [1.29, 1.82) is 0 Å². The molecule has 1 aromatic carbocycles. The molecule has 1 aromatic heterocycles. The molecule has 7 nitrogen and oxygen atoms in total. The summed E-state index contributed by atoms with van der Waals surface area (Å²) in [5.41, 5.74) is 1.68. The van der Waals surface area contributed by atoms with Crippen molar-refractivity contribution in [3.63, 3.8) is 0 Å². The molecule has 0 unspecified atom stereocenters. The van der Waals surface area contributed by atoms with E-state index in [1.165, 1.54) is 12.1 Å². The second-order valence-corrected chi connectivity index (χ2v) is 6.65. The van der Waals surface area contributed by atoms with Gasteiger partial charge in [0.25, 0.3) is 0 Å². The van der Waals surface area contributed by atoms with Crippen molar-refractivity contribution in [2.24, 2.45) is 4.99 Å². The first-order valence-corrected chi connectivity index (χ1v) is 9.46. The number of halogens is 2. The second-order valence-electron chi connectivity index (χ2n) is 6.65. The number of nitrogens with one attached hydrogen (secondary N) is 3. The zero-order valence-electron chi connectivity index (χ0n) is 17.0. The molecule has 0 aliphatic carbocycles. The van der Waals surface area contributed by atoms with Gasteiger partial charge in [0.15, 0.2) is 11.7 Å². The Morgan fingerprint density at radius 1 is 1.17 bits per heavy atom. The van der Waals surface area contributed by atoms with E-state index >= 15 is 0 Å². The van der Waals surface area contributed by atoms with Crippen molar-refractivity contribution in [3.8, 4) is 0 Å². The number of rotatable bonds is 9. The molecule has 0 aliphatic rings. The predicted molar refractivity (Wildman–Crippen MR) is 122 cm³/mol. The third-order valence-electron chi connectivity index (χ3n) is 3.92. The van der Waals surface area contributed by atoms with Crippen molar-refractivity contribution < 1.29 is 13.7 Å². The van der Waals surface area contributed by atoms with Gasteiger partial charge in [-0.2, -0.15) is 0 Å². The number of hydrogen-bond donors (Lipinski definition) is 3. The van der Waals surface area contributed by atoms with Gasteiger partial charge in [0.05, 0.1) is 12.1 Å². The Morgan fingerprint density at radius 3 is 2.48 bits per heavy atom. The highest BCUT2D eigenvalue weighted by molar-refractivity contribution is 14.0. The van der Waals surface area contributed by atoms with Gasteiger partial charge in [-0.3, -0.25) is 4.79 Å².